The molecular formula is C16H32N2. The monoisotopic (exact) mass is 252 g/mol. The summed E-state index contributed by atoms with van der Waals surface area (Å²) in [6.45, 7) is 9.57. The van der Waals surface area contributed by atoms with Gasteiger partial charge in [0.05, 0.1) is 0 Å². The third kappa shape index (κ3) is 3.27. The minimum absolute atomic E-state index is 0.457. The van der Waals surface area contributed by atoms with Gasteiger partial charge < -0.3 is 10.6 Å². The van der Waals surface area contributed by atoms with Crippen molar-refractivity contribution in [1.29, 1.82) is 0 Å². The highest BCUT2D eigenvalue weighted by atomic mass is 15.1. The molecule has 1 saturated heterocycles. The van der Waals surface area contributed by atoms with Crippen LogP contribution >= 0.6 is 0 Å². The minimum Gasteiger partial charge on any atom is -0.330 e. The van der Waals surface area contributed by atoms with Crippen molar-refractivity contribution in [2.75, 3.05) is 26.2 Å². The van der Waals surface area contributed by atoms with E-state index in [4.69, 9.17) is 5.73 Å². The van der Waals surface area contributed by atoms with Crippen LogP contribution in [0.5, 0.6) is 0 Å². The number of hydrogen-bond donors (Lipinski definition) is 1. The quantitative estimate of drug-likeness (QED) is 0.831. The van der Waals surface area contributed by atoms with Crippen LogP contribution in [0.3, 0.4) is 0 Å². The van der Waals surface area contributed by atoms with Crippen LogP contribution in [0.25, 0.3) is 0 Å². The Morgan fingerprint density at radius 3 is 2.11 bits per heavy atom. The van der Waals surface area contributed by atoms with Gasteiger partial charge in [-0.1, -0.05) is 39.5 Å². The van der Waals surface area contributed by atoms with Crippen LogP contribution in [-0.2, 0) is 0 Å². The van der Waals surface area contributed by atoms with Gasteiger partial charge in [-0.05, 0) is 56.1 Å². The standard InChI is InChI=1S/C16H32N2/c1-3-15(2)9-11-18(12-10-15)14-16(13-17)7-5-4-6-8-16/h3-14,17H2,1-2H3. The van der Waals surface area contributed by atoms with Gasteiger partial charge in [0.25, 0.3) is 0 Å². The Bertz CT molecular complexity index is 248. The van der Waals surface area contributed by atoms with Crippen molar-refractivity contribution in [3.05, 3.63) is 0 Å². The molecule has 2 fully saturated rings. The first-order chi connectivity index (χ1) is 8.61. The Labute approximate surface area is 113 Å². The number of likely N-dealkylation sites (tertiary alicyclic amines) is 1. The number of piperidine rings is 1. The fourth-order valence-corrected chi connectivity index (χ4v) is 3.81. The lowest BCUT2D eigenvalue weighted by atomic mass is 9.72. The summed E-state index contributed by atoms with van der Waals surface area (Å²) in [6, 6.07) is 0. The van der Waals surface area contributed by atoms with Crippen LogP contribution < -0.4 is 5.73 Å². The Hall–Kier alpha value is -0.0800. The molecule has 18 heavy (non-hydrogen) atoms. The molecule has 0 bridgehead atoms. The van der Waals surface area contributed by atoms with Gasteiger partial charge in [0.2, 0.25) is 0 Å². The molecule has 2 nitrogen and oxygen atoms in total. The largest absolute Gasteiger partial charge is 0.330 e. The number of hydrogen-bond acceptors (Lipinski definition) is 2. The zero-order chi connectivity index (χ0) is 13.1. The molecule has 0 aromatic heterocycles. The first-order valence-electron chi connectivity index (χ1n) is 8.04. The Morgan fingerprint density at radius 1 is 1.00 bits per heavy atom. The molecule has 0 aromatic rings. The van der Waals surface area contributed by atoms with Crippen molar-refractivity contribution in [3.8, 4) is 0 Å². The van der Waals surface area contributed by atoms with Gasteiger partial charge in [0.1, 0.15) is 0 Å². The summed E-state index contributed by atoms with van der Waals surface area (Å²) in [5.74, 6) is 0. The summed E-state index contributed by atoms with van der Waals surface area (Å²) in [7, 11) is 0. The van der Waals surface area contributed by atoms with Crippen molar-refractivity contribution in [2.45, 2.75) is 65.2 Å². The van der Waals surface area contributed by atoms with Crippen molar-refractivity contribution in [3.63, 3.8) is 0 Å². The SMILES string of the molecule is CCC1(C)CCN(CC2(CN)CCCCC2)CC1. The molecule has 2 aliphatic rings. The summed E-state index contributed by atoms with van der Waals surface area (Å²) in [5.41, 5.74) is 7.17. The lowest BCUT2D eigenvalue weighted by Crippen LogP contribution is -2.47. The molecule has 106 valence electrons. The Kier molecular flexibility index (Phi) is 4.71. The zero-order valence-corrected chi connectivity index (χ0v) is 12.5. The fraction of sp³-hybridized carbons (Fsp3) is 1.00. The normalized spacial score (nSPS) is 28.2. The lowest BCUT2D eigenvalue weighted by molar-refractivity contribution is 0.0568. The predicted octanol–water partition coefficient (Wildman–Crippen LogP) is 3.41. The van der Waals surface area contributed by atoms with Crippen LogP contribution in [0.4, 0.5) is 0 Å². The van der Waals surface area contributed by atoms with Gasteiger partial charge in [0.15, 0.2) is 0 Å². The average Bonchev–Trinajstić information content (AvgIpc) is 2.43. The molecule has 0 spiro atoms. The maximum absolute atomic E-state index is 6.11. The van der Waals surface area contributed by atoms with E-state index in [1.54, 1.807) is 0 Å². The van der Waals surface area contributed by atoms with Crippen molar-refractivity contribution in [2.24, 2.45) is 16.6 Å². The summed E-state index contributed by atoms with van der Waals surface area (Å²) < 4.78 is 0. The number of nitrogens with zero attached hydrogens (tertiary/aromatic N) is 1. The molecule has 0 aromatic carbocycles. The average molecular weight is 252 g/mol. The zero-order valence-electron chi connectivity index (χ0n) is 12.5. The van der Waals surface area contributed by atoms with Crippen LogP contribution in [0.15, 0.2) is 0 Å². The summed E-state index contributed by atoms with van der Waals surface area (Å²) in [4.78, 5) is 2.70. The van der Waals surface area contributed by atoms with Gasteiger partial charge in [-0.2, -0.15) is 0 Å². The van der Waals surface area contributed by atoms with Gasteiger partial charge >= 0.3 is 0 Å². The van der Waals surface area contributed by atoms with Crippen molar-refractivity contribution in [1.82, 2.24) is 4.90 Å². The molecule has 1 heterocycles. The maximum atomic E-state index is 6.11. The molecule has 1 aliphatic carbocycles. The molecule has 1 aliphatic heterocycles. The second kappa shape index (κ2) is 5.92. The van der Waals surface area contributed by atoms with Crippen LogP contribution in [0.1, 0.15) is 65.2 Å². The molecule has 0 amide bonds. The first-order valence-corrected chi connectivity index (χ1v) is 8.04. The fourth-order valence-electron chi connectivity index (χ4n) is 3.81. The third-order valence-electron chi connectivity index (χ3n) is 5.82. The smallest absolute Gasteiger partial charge is 0.00501 e. The summed E-state index contributed by atoms with van der Waals surface area (Å²) in [6.07, 6.45) is 11.1. The van der Waals surface area contributed by atoms with Crippen molar-refractivity contribution < 1.29 is 0 Å². The summed E-state index contributed by atoms with van der Waals surface area (Å²) >= 11 is 0. The van der Waals surface area contributed by atoms with Crippen LogP contribution in [-0.4, -0.2) is 31.1 Å². The number of nitrogens with two attached hydrogens (primary N) is 1. The molecular weight excluding hydrogens is 220 g/mol. The van der Waals surface area contributed by atoms with Gasteiger partial charge in [-0.25, -0.2) is 0 Å². The van der Waals surface area contributed by atoms with Crippen LogP contribution in [0, 0.1) is 10.8 Å². The summed E-state index contributed by atoms with van der Waals surface area (Å²) in [5, 5.41) is 0. The topological polar surface area (TPSA) is 29.3 Å². The van der Waals surface area contributed by atoms with Crippen molar-refractivity contribution >= 4 is 0 Å². The highest BCUT2D eigenvalue weighted by molar-refractivity contribution is 4.89. The van der Waals surface area contributed by atoms with E-state index >= 15 is 0 Å². The molecule has 0 unspecified atom stereocenters. The Balaban J connectivity index is 1.86. The number of rotatable bonds is 4. The first kappa shape index (κ1) is 14.3. The highest BCUT2D eigenvalue weighted by Crippen LogP contribution is 2.39. The maximum Gasteiger partial charge on any atom is 0.00501 e. The molecule has 1 saturated carbocycles. The van der Waals surface area contributed by atoms with E-state index < -0.39 is 0 Å². The second-order valence-electron chi connectivity index (χ2n) is 7.21. The van der Waals surface area contributed by atoms with E-state index in [1.165, 1.54) is 71.0 Å². The molecule has 2 N–H and O–H groups in total. The third-order valence-corrected chi connectivity index (χ3v) is 5.82. The van der Waals surface area contributed by atoms with Gasteiger partial charge in [-0.15, -0.1) is 0 Å². The predicted molar refractivity (Wildman–Crippen MR) is 78.6 cm³/mol. The van der Waals surface area contributed by atoms with E-state index in [1.807, 2.05) is 0 Å². The minimum atomic E-state index is 0.457. The molecule has 2 heteroatoms. The lowest BCUT2D eigenvalue weighted by Gasteiger charge is -2.45. The second-order valence-corrected chi connectivity index (χ2v) is 7.21. The van der Waals surface area contributed by atoms with E-state index in [0.29, 0.717) is 10.8 Å². The molecule has 0 radical (unpaired) electrons. The highest BCUT2D eigenvalue weighted by Gasteiger charge is 2.35. The van der Waals surface area contributed by atoms with Gasteiger partial charge in [0, 0.05) is 6.54 Å². The van der Waals surface area contributed by atoms with Gasteiger partial charge in [-0.3, -0.25) is 0 Å². The molecule has 2 rings (SSSR count). The van der Waals surface area contributed by atoms with Crippen LogP contribution in [0.2, 0.25) is 0 Å². The van der Waals surface area contributed by atoms with E-state index in [9.17, 15) is 0 Å². The van der Waals surface area contributed by atoms with E-state index in [0.717, 1.165) is 6.54 Å². The molecule has 0 atom stereocenters. The Morgan fingerprint density at radius 2 is 1.61 bits per heavy atom. The van der Waals surface area contributed by atoms with E-state index in [-0.39, 0.29) is 0 Å². The van der Waals surface area contributed by atoms with E-state index in [2.05, 4.69) is 18.7 Å².